The van der Waals surface area contributed by atoms with Crippen LogP contribution in [0.2, 0.25) is 0 Å². The van der Waals surface area contributed by atoms with Gasteiger partial charge in [-0.3, -0.25) is 0 Å². The van der Waals surface area contributed by atoms with Gasteiger partial charge in [0.05, 0.1) is 37.6 Å². The molecular weight excluding hydrogens is 644 g/mol. The minimum absolute atomic E-state index is 0.0851. The molecule has 5 aliphatic carbocycles. The maximum absolute atomic E-state index is 11.1. The standard InChI is InChI=1S/C39H60O11/c1-18-7-12-39(45-17-18)19(2)29-27(50-39)15-25-22-6-5-20-13-21(8-10-37(20,3)24(22)9-11-38(25,29)4)46-36-34(32(43)31(42)28(16-40)48-36)49-35-33(44)30(41)23-14-26(23)47-35/h5,18-19,21-36,40-44H,6-17H2,1-4H3/t18-,19+,21+,22-,23?,24+,25+,26?,27+,28?,29+,30?,31-,32?,33?,34+,35?,36-,37+,38+,39-/m1/s1. The number of allylic oxidation sites excluding steroid dienone is 1. The second-order valence-electron chi connectivity index (χ2n) is 18.5. The molecule has 4 saturated heterocycles. The van der Waals surface area contributed by atoms with Gasteiger partial charge in [0.1, 0.15) is 30.5 Å². The van der Waals surface area contributed by atoms with E-state index in [4.69, 9.17) is 28.4 Å². The van der Waals surface area contributed by atoms with E-state index in [9.17, 15) is 25.5 Å². The van der Waals surface area contributed by atoms with Crippen LogP contribution in [0, 0.1) is 52.3 Å². The van der Waals surface area contributed by atoms with Crippen molar-refractivity contribution >= 4 is 0 Å². The van der Waals surface area contributed by atoms with Crippen LogP contribution < -0.4 is 0 Å². The molecule has 282 valence electrons. The van der Waals surface area contributed by atoms with Crippen LogP contribution in [0.4, 0.5) is 0 Å². The molecule has 0 aromatic rings. The number of rotatable bonds is 5. The first-order chi connectivity index (χ1) is 23.9. The Balaban J connectivity index is 0.895. The molecule has 4 heterocycles. The third-order valence-electron chi connectivity index (χ3n) is 15.9. The lowest BCUT2D eigenvalue weighted by Crippen LogP contribution is -2.63. The van der Waals surface area contributed by atoms with Crippen LogP contribution in [-0.4, -0.2) is 112 Å². The van der Waals surface area contributed by atoms with Crippen LogP contribution in [0.15, 0.2) is 11.6 Å². The zero-order chi connectivity index (χ0) is 34.9. The summed E-state index contributed by atoms with van der Waals surface area (Å²) in [6.45, 7) is 10.0. The fourth-order valence-electron chi connectivity index (χ4n) is 12.9. The summed E-state index contributed by atoms with van der Waals surface area (Å²) in [6.07, 6.45) is 2.70. The highest BCUT2D eigenvalue weighted by atomic mass is 16.8. The number of ether oxygens (including phenoxy) is 6. The molecule has 21 atom stereocenters. The molecule has 0 aromatic carbocycles. The lowest BCUT2D eigenvalue weighted by Gasteiger charge is -2.58. The van der Waals surface area contributed by atoms with E-state index in [0.29, 0.717) is 41.9 Å². The molecule has 5 N–H and O–H groups in total. The summed E-state index contributed by atoms with van der Waals surface area (Å²) in [4.78, 5) is 0. The van der Waals surface area contributed by atoms with Gasteiger partial charge >= 0.3 is 0 Å². The van der Waals surface area contributed by atoms with E-state index >= 15 is 0 Å². The van der Waals surface area contributed by atoms with E-state index in [1.165, 1.54) is 24.8 Å². The van der Waals surface area contributed by atoms with Crippen molar-refractivity contribution in [2.24, 2.45) is 52.3 Å². The second-order valence-corrected chi connectivity index (χ2v) is 18.5. The SMILES string of the molecule is C[C@@H]1CC[C@@]2(OC1)O[C@H]1C[C@H]3[C@@H]4CC=C5C[C@@H](O[C@@H]6OC(CO)[C@@H](O)C(O)[C@@H]6OC6OC7CC7C(O)C6O)CC[C@]5(C)[C@H]4CC[C@]3(C)[C@H]1[C@@H]2C. The van der Waals surface area contributed by atoms with Crippen LogP contribution in [0.5, 0.6) is 0 Å². The largest absolute Gasteiger partial charge is 0.394 e. The van der Waals surface area contributed by atoms with Crippen molar-refractivity contribution in [2.75, 3.05) is 13.2 Å². The first-order valence-corrected chi connectivity index (χ1v) is 19.8. The summed E-state index contributed by atoms with van der Waals surface area (Å²) in [6, 6.07) is 0. The first kappa shape index (κ1) is 35.0. The minimum Gasteiger partial charge on any atom is -0.394 e. The Labute approximate surface area is 296 Å². The monoisotopic (exact) mass is 704 g/mol. The Kier molecular flexibility index (Phi) is 8.70. The van der Waals surface area contributed by atoms with Gasteiger partial charge in [-0.25, -0.2) is 0 Å². The molecule has 4 saturated carbocycles. The molecule has 11 heteroatoms. The van der Waals surface area contributed by atoms with Gasteiger partial charge in [0.2, 0.25) is 0 Å². The quantitative estimate of drug-likeness (QED) is 0.268. The molecule has 50 heavy (non-hydrogen) atoms. The van der Waals surface area contributed by atoms with Crippen molar-refractivity contribution < 1.29 is 54.0 Å². The number of hydrogen-bond acceptors (Lipinski definition) is 11. The average Bonchev–Trinajstić information content (AvgIpc) is 3.75. The molecule has 0 amide bonds. The molecule has 0 bridgehead atoms. The molecule has 9 rings (SSSR count). The molecule has 1 spiro atoms. The Morgan fingerprint density at radius 2 is 1.64 bits per heavy atom. The highest BCUT2D eigenvalue weighted by Gasteiger charge is 2.69. The fraction of sp³-hybridized carbons (Fsp3) is 0.949. The van der Waals surface area contributed by atoms with Crippen LogP contribution in [0.3, 0.4) is 0 Å². The zero-order valence-corrected chi connectivity index (χ0v) is 30.1. The van der Waals surface area contributed by atoms with Crippen LogP contribution >= 0.6 is 0 Å². The predicted molar refractivity (Wildman–Crippen MR) is 178 cm³/mol. The van der Waals surface area contributed by atoms with Crippen LogP contribution in [-0.2, 0) is 28.4 Å². The van der Waals surface area contributed by atoms with Crippen molar-refractivity contribution in [3.63, 3.8) is 0 Å². The average molecular weight is 705 g/mol. The molecule has 0 radical (unpaired) electrons. The number of hydrogen-bond donors (Lipinski definition) is 5. The summed E-state index contributed by atoms with van der Waals surface area (Å²) in [5.41, 5.74) is 1.78. The van der Waals surface area contributed by atoms with E-state index in [2.05, 4.69) is 33.8 Å². The number of fused-ring (bicyclic) bond motifs is 8. The number of aliphatic hydroxyl groups excluding tert-OH is 5. The Morgan fingerprint density at radius 3 is 2.40 bits per heavy atom. The minimum atomic E-state index is -1.45. The molecule has 9 aliphatic rings. The van der Waals surface area contributed by atoms with Gasteiger partial charge in [-0.15, -0.1) is 0 Å². The van der Waals surface area contributed by atoms with Gasteiger partial charge in [-0.1, -0.05) is 39.3 Å². The van der Waals surface area contributed by atoms with E-state index < -0.39 is 61.6 Å². The molecule has 8 fully saturated rings. The molecule has 4 aliphatic heterocycles. The van der Waals surface area contributed by atoms with Gasteiger partial charge in [0.25, 0.3) is 0 Å². The van der Waals surface area contributed by atoms with Crippen LogP contribution in [0.25, 0.3) is 0 Å². The summed E-state index contributed by atoms with van der Waals surface area (Å²) >= 11 is 0. The summed E-state index contributed by atoms with van der Waals surface area (Å²) in [7, 11) is 0. The molecular formula is C39H60O11. The van der Waals surface area contributed by atoms with Gasteiger partial charge in [0.15, 0.2) is 18.4 Å². The lowest BCUT2D eigenvalue weighted by atomic mass is 9.47. The third-order valence-corrected chi connectivity index (χ3v) is 15.9. The van der Waals surface area contributed by atoms with Crippen molar-refractivity contribution in [1.82, 2.24) is 0 Å². The fourth-order valence-corrected chi connectivity index (χ4v) is 12.9. The Bertz CT molecular complexity index is 1320. The maximum Gasteiger partial charge on any atom is 0.187 e. The highest BCUT2D eigenvalue weighted by molar-refractivity contribution is 5.26. The van der Waals surface area contributed by atoms with Crippen molar-refractivity contribution in [3.8, 4) is 0 Å². The summed E-state index contributed by atoms with van der Waals surface area (Å²) in [5, 5.41) is 53.0. The first-order valence-electron chi connectivity index (χ1n) is 19.8. The van der Waals surface area contributed by atoms with E-state index in [1.54, 1.807) is 0 Å². The second kappa shape index (κ2) is 12.4. The van der Waals surface area contributed by atoms with E-state index in [-0.39, 0.29) is 35.1 Å². The van der Waals surface area contributed by atoms with Gasteiger partial charge < -0.3 is 54.0 Å². The lowest BCUT2D eigenvalue weighted by molar-refractivity contribution is -0.358. The van der Waals surface area contributed by atoms with Gasteiger partial charge in [-0.05, 0) is 98.2 Å². The van der Waals surface area contributed by atoms with Crippen molar-refractivity contribution in [2.45, 2.75) is 165 Å². The van der Waals surface area contributed by atoms with E-state index in [1.807, 2.05) is 0 Å². The smallest absolute Gasteiger partial charge is 0.187 e. The van der Waals surface area contributed by atoms with Crippen molar-refractivity contribution in [1.29, 1.82) is 0 Å². The summed E-state index contributed by atoms with van der Waals surface area (Å²) in [5.74, 6) is 2.93. The van der Waals surface area contributed by atoms with Crippen LogP contribution in [0.1, 0.15) is 91.9 Å². The highest BCUT2D eigenvalue weighted by Crippen LogP contribution is 2.70. The van der Waals surface area contributed by atoms with Gasteiger partial charge in [0, 0.05) is 18.3 Å². The molecule has 0 aromatic heterocycles. The van der Waals surface area contributed by atoms with Crippen molar-refractivity contribution in [3.05, 3.63) is 11.6 Å². The molecule has 7 unspecified atom stereocenters. The normalized spacial score (nSPS) is 59.9. The third kappa shape index (κ3) is 5.23. The summed E-state index contributed by atoms with van der Waals surface area (Å²) < 4.78 is 38.0. The molecule has 11 nitrogen and oxygen atoms in total. The number of aliphatic hydroxyl groups is 5. The van der Waals surface area contributed by atoms with Gasteiger partial charge in [-0.2, -0.15) is 0 Å². The topological polar surface area (TPSA) is 157 Å². The van der Waals surface area contributed by atoms with E-state index in [0.717, 1.165) is 45.1 Å². The Hall–Kier alpha value is -0.700. The maximum atomic E-state index is 11.1. The Morgan fingerprint density at radius 1 is 0.820 bits per heavy atom. The predicted octanol–water partition coefficient (Wildman–Crippen LogP) is 3.03. The zero-order valence-electron chi connectivity index (χ0n) is 30.1.